The highest BCUT2D eigenvalue weighted by Crippen LogP contribution is 2.19. The van der Waals surface area contributed by atoms with Gasteiger partial charge in [0.15, 0.2) is 5.82 Å². The predicted octanol–water partition coefficient (Wildman–Crippen LogP) is 1.42. The van der Waals surface area contributed by atoms with Crippen LogP contribution in [0, 0.1) is 11.3 Å². The molecular formula is C13H13N5O. The summed E-state index contributed by atoms with van der Waals surface area (Å²) < 4.78 is 5.51. The minimum absolute atomic E-state index is 0.412. The van der Waals surface area contributed by atoms with Crippen molar-refractivity contribution in [3.05, 3.63) is 42.1 Å². The van der Waals surface area contributed by atoms with E-state index in [1.54, 1.807) is 18.2 Å². The molecule has 0 atom stereocenters. The van der Waals surface area contributed by atoms with Crippen LogP contribution < -0.4 is 15.8 Å². The van der Waals surface area contributed by atoms with Crippen molar-refractivity contribution in [2.75, 3.05) is 24.2 Å². The van der Waals surface area contributed by atoms with Crippen molar-refractivity contribution in [2.24, 2.45) is 0 Å². The first kappa shape index (κ1) is 12.6. The molecule has 0 radical (unpaired) electrons. The molecule has 1 aromatic carbocycles. The molecule has 0 saturated carbocycles. The second kappa shape index (κ2) is 6.21. The van der Waals surface area contributed by atoms with Crippen LogP contribution in [0.15, 0.2) is 36.5 Å². The Hall–Kier alpha value is -2.81. The van der Waals surface area contributed by atoms with Crippen LogP contribution in [0.1, 0.15) is 5.56 Å². The highest BCUT2D eigenvalue weighted by Gasteiger charge is 2.02. The number of nitrogens with one attached hydrogen (secondary N) is 1. The van der Waals surface area contributed by atoms with Gasteiger partial charge < -0.3 is 15.8 Å². The van der Waals surface area contributed by atoms with Crippen molar-refractivity contribution in [3.63, 3.8) is 0 Å². The molecule has 3 N–H and O–H groups in total. The van der Waals surface area contributed by atoms with Gasteiger partial charge in [-0.1, -0.05) is 12.1 Å². The van der Waals surface area contributed by atoms with Crippen LogP contribution in [0.4, 0.5) is 11.5 Å². The zero-order valence-corrected chi connectivity index (χ0v) is 10.2. The normalized spacial score (nSPS) is 9.63. The highest BCUT2D eigenvalue weighted by molar-refractivity contribution is 5.52. The van der Waals surface area contributed by atoms with E-state index in [0.29, 0.717) is 36.0 Å². The number of rotatable bonds is 5. The van der Waals surface area contributed by atoms with Crippen LogP contribution in [0.3, 0.4) is 0 Å². The van der Waals surface area contributed by atoms with Gasteiger partial charge in [-0.05, 0) is 18.2 Å². The Morgan fingerprint density at radius 3 is 2.95 bits per heavy atom. The summed E-state index contributed by atoms with van der Waals surface area (Å²) in [6.45, 7) is 0.914. The third-order valence-electron chi connectivity index (χ3n) is 2.41. The lowest BCUT2D eigenvalue weighted by atomic mass is 10.3. The van der Waals surface area contributed by atoms with Gasteiger partial charge in [-0.2, -0.15) is 10.4 Å². The molecule has 96 valence electrons. The minimum atomic E-state index is 0.412. The van der Waals surface area contributed by atoms with Gasteiger partial charge >= 0.3 is 0 Å². The van der Waals surface area contributed by atoms with Crippen LogP contribution in [0.2, 0.25) is 0 Å². The predicted molar refractivity (Wildman–Crippen MR) is 71.6 cm³/mol. The number of ether oxygens (including phenoxy) is 1. The van der Waals surface area contributed by atoms with Gasteiger partial charge in [0.1, 0.15) is 18.4 Å². The standard InChI is InChI=1S/C13H13N5O/c14-9-10-5-6-17-18-13(10)16-7-8-19-12-4-2-1-3-11(12)15/h1-6H,7-8,15H2,(H,16,18). The van der Waals surface area contributed by atoms with Gasteiger partial charge in [-0.15, -0.1) is 5.10 Å². The van der Waals surface area contributed by atoms with Crippen molar-refractivity contribution in [2.45, 2.75) is 0 Å². The van der Waals surface area contributed by atoms with E-state index in [1.807, 2.05) is 18.2 Å². The molecule has 0 aliphatic carbocycles. The van der Waals surface area contributed by atoms with E-state index in [9.17, 15) is 0 Å². The molecule has 0 unspecified atom stereocenters. The monoisotopic (exact) mass is 255 g/mol. The van der Waals surface area contributed by atoms with Crippen molar-refractivity contribution in [3.8, 4) is 11.8 Å². The van der Waals surface area contributed by atoms with Gasteiger partial charge in [0, 0.05) is 0 Å². The van der Waals surface area contributed by atoms with Crippen molar-refractivity contribution < 1.29 is 4.74 Å². The second-order valence-electron chi connectivity index (χ2n) is 3.72. The molecule has 1 heterocycles. The van der Waals surface area contributed by atoms with Gasteiger partial charge in [0.05, 0.1) is 24.0 Å². The Labute approximate surface area is 110 Å². The van der Waals surface area contributed by atoms with Gasteiger partial charge in [0.25, 0.3) is 0 Å². The lowest BCUT2D eigenvalue weighted by Crippen LogP contribution is -2.14. The van der Waals surface area contributed by atoms with Crippen LogP contribution in [-0.2, 0) is 0 Å². The summed E-state index contributed by atoms with van der Waals surface area (Å²) >= 11 is 0. The van der Waals surface area contributed by atoms with Crippen LogP contribution >= 0.6 is 0 Å². The van der Waals surface area contributed by atoms with E-state index in [1.165, 1.54) is 6.20 Å². The number of nitriles is 1. The molecule has 2 aromatic rings. The van der Waals surface area contributed by atoms with Gasteiger partial charge in [0.2, 0.25) is 0 Å². The van der Waals surface area contributed by atoms with Crippen LogP contribution in [0.25, 0.3) is 0 Å². The van der Waals surface area contributed by atoms with Crippen molar-refractivity contribution in [1.82, 2.24) is 10.2 Å². The summed E-state index contributed by atoms with van der Waals surface area (Å²) in [5.74, 6) is 1.10. The second-order valence-corrected chi connectivity index (χ2v) is 3.72. The maximum Gasteiger partial charge on any atom is 0.166 e. The topological polar surface area (TPSA) is 96.8 Å². The fraction of sp³-hybridized carbons (Fsp3) is 0.154. The molecule has 0 spiro atoms. The summed E-state index contributed by atoms with van der Waals surface area (Å²) in [6.07, 6.45) is 1.48. The van der Waals surface area contributed by atoms with Gasteiger partial charge in [-0.3, -0.25) is 0 Å². The Morgan fingerprint density at radius 1 is 1.32 bits per heavy atom. The number of nitrogens with zero attached hydrogens (tertiary/aromatic N) is 3. The largest absolute Gasteiger partial charge is 0.490 e. The molecule has 0 aliphatic rings. The summed E-state index contributed by atoms with van der Waals surface area (Å²) in [5, 5.41) is 19.4. The Morgan fingerprint density at radius 2 is 2.16 bits per heavy atom. The maximum atomic E-state index is 8.88. The molecule has 1 aromatic heterocycles. The molecular weight excluding hydrogens is 242 g/mol. The molecule has 0 saturated heterocycles. The quantitative estimate of drug-likeness (QED) is 0.619. The SMILES string of the molecule is N#Cc1ccnnc1NCCOc1ccccc1N. The van der Waals surface area contributed by atoms with Crippen LogP contribution in [-0.4, -0.2) is 23.3 Å². The van der Waals surface area contributed by atoms with E-state index < -0.39 is 0 Å². The fourth-order valence-electron chi connectivity index (χ4n) is 1.49. The number of hydrogen-bond acceptors (Lipinski definition) is 6. The van der Waals surface area contributed by atoms with Crippen LogP contribution in [0.5, 0.6) is 5.75 Å². The van der Waals surface area contributed by atoms with Gasteiger partial charge in [-0.25, -0.2) is 0 Å². The first-order valence-corrected chi connectivity index (χ1v) is 5.74. The number of para-hydroxylation sites is 2. The Kier molecular flexibility index (Phi) is 4.13. The van der Waals surface area contributed by atoms with Crippen molar-refractivity contribution >= 4 is 11.5 Å². The molecule has 6 heteroatoms. The molecule has 6 nitrogen and oxygen atoms in total. The third kappa shape index (κ3) is 3.33. The van der Waals surface area contributed by atoms with E-state index in [4.69, 9.17) is 15.7 Å². The molecule has 0 amide bonds. The van der Waals surface area contributed by atoms with Crippen molar-refractivity contribution in [1.29, 1.82) is 5.26 Å². The number of aromatic nitrogens is 2. The molecule has 19 heavy (non-hydrogen) atoms. The number of anilines is 2. The molecule has 0 fully saturated rings. The first-order chi connectivity index (χ1) is 9.31. The molecule has 0 aliphatic heterocycles. The third-order valence-corrected chi connectivity index (χ3v) is 2.41. The first-order valence-electron chi connectivity index (χ1n) is 5.74. The lowest BCUT2D eigenvalue weighted by molar-refractivity contribution is 0.334. The van der Waals surface area contributed by atoms with E-state index in [0.717, 1.165) is 0 Å². The number of nitrogen functional groups attached to an aromatic ring is 1. The lowest BCUT2D eigenvalue weighted by Gasteiger charge is -2.09. The molecule has 2 rings (SSSR count). The Bertz CT molecular complexity index is 594. The average Bonchev–Trinajstić information content (AvgIpc) is 2.45. The number of benzene rings is 1. The number of nitrogens with two attached hydrogens (primary N) is 1. The summed E-state index contributed by atoms with van der Waals surface area (Å²) in [6, 6.07) is 10.9. The van der Waals surface area contributed by atoms with E-state index in [-0.39, 0.29) is 0 Å². The van der Waals surface area contributed by atoms with E-state index >= 15 is 0 Å². The smallest absolute Gasteiger partial charge is 0.166 e. The highest BCUT2D eigenvalue weighted by atomic mass is 16.5. The zero-order chi connectivity index (χ0) is 13.5. The average molecular weight is 255 g/mol. The number of hydrogen-bond donors (Lipinski definition) is 2. The minimum Gasteiger partial charge on any atom is -0.490 e. The summed E-state index contributed by atoms with van der Waals surface area (Å²) in [7, 11) is 0. The molecule has 0 bridgehead atoms. The Balaban J connectivity index is 1.85. The maximum absolute atomic E-state index is 8.88. The summed E-state index contributed by atoms with van der Waals surface area (Å²) in [5.41, 5.74) is 6.80. The zero-order valence-electron chi connectivity index (χ0n) is 10.2. The summed E-state index contributed by atoms with van der Waals surface area (Å²) in [4.78, 5) is 0. The fourth-order valence-corrected chi connectivity index (χ4v) is 1.49. The van der Waals surface area contributed by atoms with E-state index in [2.05, 4.69) is 15.5 Å².